The zero-order valence-corrected chi connectivity index (χ0v) is 14.7. The van der Waals surface area contributed by atoms with E-state index in [4.69, 9.17) is 0 Å². The monoisotopic (exact) mass is 376 g/mol. The summed E-state index contributed by atoms with van der Waals surface area (Å²) in [7, 11) is 0. The van der Waals surface area contributed by atoms with E-state index < -0.39 is 17.5 Å². The van der Waals surface area contributed by atoms with Gasteiger partial charge in [-0.3, -0.25) is 9.59 Å². The molecular weight excluding hydrogens is 362 g/mol. The van der Waals surface area contributed by atoms with E-state index in [-0.39, 0.29) is 23.4 Å². The molecule has 0 aliphatic carbocycles. The fraction of sp³-hybridized carbons (Fsp3) is 0.176. The van der Waals surface area contributed by atoms with Gasteiger partial charge in [0.25, 0.3) is 5.56 Å². The lowest BCUT2D eigenvalue weighted by atomic mass is 10.2. The van der Waals surface area contributed by atoms with Gasteiger partial charge in [-0.2, -0.15) is 5.10 Å². The number of fused-ring (bicyclic) bond motifs is 1. The van der Waals surface area contributed by atoms with E-state index in [2.05, 4.69) is 20.5 Å². The summed E-state index contributed by atoms with van der Waals surface area (Å²) in [4.78, 5) is 32.5. The Morgan fingerprint density at radius 1 is 1.38 bits per heavy atom. The molecule has 2 N–H and O–H groups in total. The molecule has 3 rings (SSSR count). The number of hydrogen-bond acceptors (Lipinski definition) is 5. The average molecular weight is 376 g/mol. The van der Waals surface area contributed by atoms with E-state index >= 15 is 0 Å². The number of halogens is 2. The van der Waals surface area contributed by atoms with E-state index in [1.807, 2.05) is 13.8 Å². The first-order chi connectivity index (χ1) is 12.3. The first-order valence-electron chi connectivity index (χ1n) is 7.61. The molecule has 0 bridgehead atoms. The molecule has 9 heteroatoms. The quantitative estimate of drug-likeness (QED) is 0.542. The maximum atomic E-state index is 13.5. The third-order valence-corrected chi connectivity index (χ3v) is 4.87. The van der Waals surface area contributed by atoms with E-state index in [1.165, 1.54) is 17.4 Å². The van der Waals surface area contributed by atoms with Gasteiger partial charge in [0.05, 0.1) is 18.0 Å². The predicted octanol–water partition coefficient (Wildman–Crippen LogP) is 2.57. The molecule has 0 saturated heterocycles. The van der Waals surface area contributed by atoms with Crippen molar-refractivity contribution in [2.24, 2.45) is 5.10 Å². The van der Waals surface area contributed by atoms with Crippen LogP contribution in [0.25, 0.3) is 10.2 Å². The highest BCUT2D eigenvalue weighted by Gasteiger charge is 2.13. The largest absolute Gasteiger partial charge is 0.309 e. The van der Waals surface area contributed by atoms with Crippen LogP contribution in [0.4, 0.5) is 8.78 Å². The van der Waals surface area contributed by atoms with Crippen LogP contribution in [-0.4, -0.2) is 22.1 Å². The maximum absolute atomic E-state index is 13.5. The number of thiophene rings is 1. The molecule has 0 fully saturated rings. The lowest BCUT2D eigenvalue weighted by Crippen LogP contribution is -2.23. The van der Waals surface area contributed by atoms with Crippen LogP contribution < -0.4 is 11.0 Å². The molecule has 134 valence electrons. The number of hydrogen-bond donors (Lipinski definition) is 2. The van der Waals surface area contributed by atoms with Crippen molar-refractivity contribution in [3.63, 3.8) is 0 Å². The Kier molecular flexibility index (Phi) is 4.90. The van der Waals surface area contributed by atoms with Crippen LogP contribution in [0.1, 0.15) is 21.8 Å². The number of carbonyl (C=O) groups is 1. The maximum Gasteiger partial charge on any atom is 0.259 e. The average Bonchev–Trinajstić information content (AvgIpc) is 2.84. The van der Waals surface area contributed by atoms with Crippen molar-refractivity contribution in [2.45, 2.75) is 20.3 Å². The lowest BCUT2D eigenvalue weighted by molar-refractivity contribution is -0.120. The molecule has 2 aromatic heterocycles. The first kappa shape index (κ1) is 17.9. The van der Waals surface area contributed by atoms with Gasteiger partial charge in [0, 0.05) is 16.5 Å². The molecule has 26 heavy (non-hydrogen) atoms. The molecule has 0 unspecified atom stereocenters. The van der Waals surface area contributed by atoms with Crippen LogP contribution in [-0.2, 0) is 11.2 Å². The Hall–Kier alpha value is -2.94. The minimum absolute atomic E-state index is 0.0317. The molecular formula is C17H14F2N4O2S. The highest BCUT2D eigenvalue weighted by Crippen LogP contribution is 2.25. The van der Waals surface area contributed by atoms with E-state index in [0.29, 0.717) is 10.2 Å². The standard InChI is InChI=1S/C17H14F2N4O2S/c1-8-9(2)26-17-15(8)16(25)21-13(22-17)6-14(24)23-20-7-10-3-4-11(18)5-12(10)19/h3-5,7H,6H2,1-2H3,(H,23,24)(H,21,22,25)/b20-7-. The van der Waals surface area contributed by atoms with E-state index in [0.717, 1.165) is 28.8 Å². The Morgan fingerprint density at radius 2 is 2.15 bits per heavy atom. The van der Waals surface area contributed by atoms with Crippen molar-refractivity contribution in [3.8, 4) is 0 Å². The third kappa shape index (κ3) is 3.67. The van der Waals surface area contributed by atoms with Crippen LogP contribution in [0.5, 0.6) is 0 Å². The van der Waals surface area contributed by atoms with Crippen molar-refractivity contribution in [3.05, 3.63) is 62.0 Å². The van der Waals surface area contributed by atoms with Gasteiger partial charge in [-0.05, 0) is 31.5 Å². The highest BCUT2D eigenvalue weighted by atomic mass is 32.1. The SMILES string of the molecule is Cc1sc2nc(CC(=O)N/N=C\c3ccc(F)cc3F)[nH]c(=O)c2c1C. The number of nitrogens with one attached hydrogen (secondary N) is 2. The molecule has 0 atom stereocenters. The Labute approximate surface area is 150 Å². The summed E-state index contributed by atoms with van der Waals surface area (Å²) in [5, 5.41) is 4.16. The molecule has 3 aromatic rings. The van der Waals surface area contributed by atoms with Gasteiger partial charge in [-0.15, -0.1) is 11.3 Å². The van der Waals surface area contributed by atoms with Crippen molar-refractivity contribution < 1.29 is 13.6 Å². The summed E-state index contributed by atoms with van der Waals surface area (Å²) < 4.78 is 26.3. The fourth-order valence-corrected chi connectivity index (χ4v) is 3.40. The minimum atomic E-state index is -0.789. The van der Waals surface area contributed by atoms with Gasteiger partial charge in [0.2, 0.25) is 5.91 Å². The van der Waals surface area contributed by atoms with Gasteiger partial charge in [-0.1, -0.05) is 0 Å². The molecule has 2 heterocycles. The number of aryl methyl sites for hydroxylation is 2. The second kappa shape index (κ2) is 7.12. The number of aromatic nitrogens is 2. The summed E-state index contributed by atoms with van der Waals surface area (Å²) in [5.41, 5.74) is 2.83. The molecule has 1 amide bonds. The second-order valence-electron chi connectivity index (χ2n) is 5.61. The van der Waals surface area contributed by atoms with E-state index in [9.17, 15) is 18.4 Å². The number of hydrazone groups is 1. The summed E-state index contributed by atoms with van der Waals surface area (Å²) in [6.07, 6.45) is 0.877. The lowest BCUT2D eigenvalue weighted by Gasteiger charge is -2.01. The molecule has 0 spiro atoms. The predicted molar refractivity (Wildman–Crippen MR) is 95.5 cm³/mol. The van der Waals surface area contributed by atoms with E-state index in [1.54, 1.807) is 0 Å². The number of rotatable bonds is 4. The number of amides is 1. The second-order valence-corrected chi connectivity index (χ2v) is 6.82. The van der Waals surface area contributed by atoms with Crippen molar-refractivity contribution >= 4 is 33.7 Å². The van der Waals surface area contributed by atoms with Gasteiger partial charge in [-0.25, -0.2) is 19.2 Å². The van der Waals surface area contributed by atoms with Crippen molar-refractivity contribution in [1.82, 2.24) is 15.4 Å². The number of aromatic amines is 1. The summed E-state index contributed by atoms with van der Waals surface area (Å²) >= 11 is 1.39. The van der Waals surface area contributed by atoms with Gasteiger partial charge >= 0.3 is 0 Å². The number of nitrogens with zero attached hydrogens (tertiary/aromatic N) is 2. The normalized spacial score (nSPS) is 11.4. The molecule has 0 saturated carbocycles. The molecule has 1 aromatic carbocycles. The van der Waals surface area contributed by atoms with Crippen LogP contribution in [0.2, 0.25) is 0 Å². The fourth-order valence-electron chi connectivity index (χ4n) is 2.35. The van der Waals surface area contributed by atoms with Gasteiger partial charge < -0.3 is 4.98 Å². The third-order valence-electron chi connectivity index (χ3n) is 3.77. The van der Waals surface area contributed by atoms with Gasteiger partial charge in [0.15, 0.2) is 0 Å². The molecule has 0 aliphatic rings. The van der Waals surface area contributed by atoms with Crippen LogP contribution >= 0.6 is 11.3 Å². The molecule has 0 aliphatic heterocycles. The van der Waals surface area contributed by atoms with Gasteiger partial charge in [0.1, 0.15) is 22.3 Å². The van der Waals surface area contributed by atoms with Crippen LogP contribution in [0, 0.1) is 25.5 Å². The number of benzene rings is 1. The summed E-state index contributed by atoms with van der Waals surface area (Å²) in [6, 6.07) is 3.01. The van der Waals surface area contributed by atoms with Crippen molar-refractivity contribution in [1.29, 1.82) is 0 Å². The smallest absolute Gasteiger partial charge is 0.259 e. The Bertz CT molecular complexity index is 1090. The zero-order chi connectivity index (χ0) is 18.8. The minimum Gasteiger partial charge on any atom is -0.309 e. The Morgan fingerprint density at radius 3 is 2.88 bits per heavy atom. The topological polar surface area (TPSA) is 87.2 Å². The van der Waals surface area contributed by atoms with Crippen molar-refractivity contribution in [2.75, 3.05) is 0 Å². The zero-order valence-electron chi connectivity index (χ0n) is 13.9. The highest BCUT2D eigenvalue weighted by molar-refractivity contribution is 7.18. The summed E-state index contributed by atoms with van der Waals surface area (Å²) in [5.74, 6) is -1.81. The van der Waals surface area contributed by atoms with Crippen LogP contribution in [0.3, 0.4) is 0 Å². The number of carbonyl (C=O) groups excluding carboxylic acids is 1. The summed E-state index contributed by atoms with van der Waals surface area (Å²) in [6.45, 7) is 3.75. The molecule has 0 radical (unpaired) electrons. The Balaban J connectivity index is 1.71. The first-order valence-corrected chi connectivity index (χ1v) is 8.42. The molecule has 6 nitrogen and oxygen atoms in total. The van der Waals surface area contributed by atoms with Crippen LogP contribution in [0.15, 0.2) is 28.1 Å². The number of H-pyrrole nitrogens is 1.